The van der Waals surface area contributed by atoms with E-state index in [-0.39, 0.29) is 18.7 Å². The molecule has 0 spiro atoms. The molecule has 3 rings (SSSR count). The van der Waals surface area contributed by atoms with Crippen molar-refractivity contribution in [2.24, 2.45) is 0 Å². The maximum atomic E-state index is 12.3. The van der Waals surface area contributed by atoms with Gasteiger partial charge in [-0.3, -0.25) is 4.79 Å². The van der Waals surface area contributed by atoms with Gasteiger partial charge in [-0.2, -0.15) is 0 Å². The van der Waals surface area contributed by atoms with Gasteiger partial charge in [-0.25, -0.2) is 0 Å². The summed E-state index contributed by atoms with van der Waals surface area (Å²) in [6.07, 6.45) is 1.06. The number of aryl methyl sites for hydroxylation is 1. The first-order valence-corrected chi connectivity index (χ1v) is 8.57. The van der Waals surface area contributed by atoms with Crippen molar-refractivity contribution < 1.29 is 19.0 Å². The van der Waals surface area contributed by atoms with Gasteiger partial charge < -0.3 is 19.5 Å². The van der Waals surface area contributed by atoms with Crippen LogP contribution in [0.1, 0.15) is 37.4 Å². The molecule has 0 radical (unpaired) electrons. The second kappa shape index (κ2) is 7.92. The van der Waals surface area contributed by atoms with Gasteiger partial charge in [0.15, 0.2) is 11.5 Å². The number of hydrogen-bond acceptors (Lipinski definition) is 4. The van der Waals surface area contributed by atoms with Crippen molar-refractivity contribution in [2.75, 3.05) is 13.4 Å². The maximum Gasteiger partial charge on any atom is 0.231 e. The fourth-order valence-corrected chi connectivity index (χ4v) is 2.83. The third-order valence-corrected chi connectivity index (χ3v) is 4.17. The number of rotatable bonds is 7. The Kier molecular flexibility index (Phi) is 5.43. The number of carbonyl (C=O) groups excluding carboxylic acids is 1. The van der Waals surface area contributed by atoms with E-state index in [0.29, 0.717) is 19.4 Å². The molecule has 1 amide bonds. The molecule has 25 heavy (non-hydrogen) atoms. The van der Waals surface area contributed by atoms with Crippen LogP contribution in [0, 0.1) is 0 Å². The van der Waals surface area contributed by atoms with Gasteiger partial charge in [0.1, 0.15) is 5.75 Å². The highest BCUT2D eigenvalue weighted by Gasteiger charge is 2.17. The predicted octanol–water partition coefficient (Wildman–Crippen LogP) is 3.62. The molecule has 1 unspecified atom stereocenters. The summed E-state index contributed by atoms with van der Waals surface area (Å²) in [6.45, 7) is 4.78. The van der Waals surface area contributed by atoms with Gasteiger partial charge in [-0.1, -0.05) is 24.3 Å². The number of fused-ring (bicyclic) bond motifs is 1. The number of carbonyl (C=O) groups is 1. The lowest BCUT2D eigenvalue weighted by atomic mass is 10.1. The fraction of sp³-hybridized carbons (Fsp3) is 0.350. The molecule has 0 aliphatic carbocycles. The third-order valence-electron chi connectivity index (χ3n) is 4.17. The van der Waals surface area contributed by atoms with Crippen LogP contribution in [0.15, 0.2) is 42.5 Å². The predicted molar refractivity (Wildman–Crippen MR) is 95.1 cm³/mol. The zero-order valence-electron chi connectivity index (χ0n) is 14.6. The maximum absolute atomic E-state index is 12.3. The summed E-state index contributed by atoms with van der Waals surface area (Å²) in [7, 11) is 0. The highest BCUT2D eigenvalue weighted by atomic mass is 16.7. The van der Waals surface area contributed by atoms with Crippen LogP contribution in [0.25, 0.3) is 0 Å². The van der Waals surface area contributed by atoms with Gasteiger partial charge in [-0.05, 0) is 49.6 Å². The molecule has 132 valence electrons. The minimum Gasteiger partial charge on any atom is -0.494 e. The fourth-order valence-electron chi connectivity index (χ4n) is 2.83. The normalized spacial score (nSPS) is 13.4. The first kappa shape index (κ1) is 17.1. The number of para-hydroxylation sites is 1. The van der Waals surface area contributed by atoms with Crippen LogP contribution < -0.4 is 19.5 Å². The second-order valence-corrected chi connectivity index (χ2v) is 5.94. The average molecular weight is 341 g/mol. The number of nitrogens with one attached hydrogen (secondary N) is 1. The van der Waals surface area contributed by atoms with E-state index in [2.05, 4.69) is 5.32 Å². The van der Waals surface area contributed by atoms with E-state index in [1.165, 1.54) is 0 Å². The summed E-state index contributed by atoms with van der Waals surface area (Å²) in [5.41, 5.74) is 2.04. The molecule has 2 aromatic rings. The highest BCUT2D eigenvalue weighted by molar-refractivity contribution is 5.76. The molecule has 5 nitrogen and oxygen atoms in total. The Labute approximate surface area is 147 Å². The molecule has 0 saturated carbocycles. The van der Waals surface area contributed by atoms with Gasteiger partial charge in [0.05, 0.1) is 12.6 Å². The summed E-state index contributed by atoms with van der Waals surface area (Å²) in [5.74, 6) is 2.33. The Morgan fingerprint density at radius 1 is 1.20 bits per heavy atom. The van der Waals surface area contributed by atoms with Gasteiger partial charge >= 0.3 is 0 Å². The van der Waals surface area contributed by atoms with Crippen LogP contribution in [-0.2, 0) is 11.2 Å². The Morgan fingerprint density at radius 3 is 2.84 bits per heavy atom. The van der Waals surface area contributed by atoms with Gasteiger partial charge in [0.2, 0.25) is 12.7 Å². The van der Waals surface area contributed by atoms with Crippen molar-refractivity contribution in [2.45, 2.75) is 32.7 Å². The molecule has 0 aromatic heterocycles. The lowest BCUT2D eigenvalue weighted by Crippen LogP contribution is -2.26. The molecule has 1 N–H and O–H groups in total. The van der Waals surface area contributed by atoms with Crippen LogP contribution in [0.4, 0.5) is 0 Å². The van der Waals surface area contributed by atoms with E-state index in [1.807, 2.05) is 56.3 Å². The number of amides is 1. The molecule has 2 aromatic carbocycles. The SMILES string of the molecule is CCOc1ccccc1CCC(=O)NC(C)c1ccc2c(c1)OCO2. The van der Waals surface area contributed by atoms with Crippen molar-refractivity contribution in [1.29, 1.82) is 0 Å². The van der Waals surface area contributed by atoms with Gasteiger partial charge in [0.25, 0.3) is 0 Å². The number of hydrogen-bond donors (Lipinski definition) is 1. The van der Waals surface area contributed by atoms with Crippen LogP contribution >= 0.6 is 0 Å². The molecule has 1 heterocycles. The van der Waals surface area contributed by atoms with Gasteiger partial charge in [-0.15, -0.1) is 0 Å². The van der Waals surface area contributed by atoms with E-state index in [1.54, 1.807) is 0 Å². The lowest BCUT2D eigenvalue weighted by molar-refractivity contribution is -0.121. The van der Waals surface area contributed by atoms with Crippen molar-refractivity contribution in [3.8, 4) is 17.2 Å². The molecule has 0 bridgehead atoms. The molecule has 0 saturated heterocycles. The van der Waals surface area contributed by atoms with Crippen LogP contribution in [-0.4, -0.2) is 19.3 Å². The molecular weight excluding hydrogens is 318 g/mol. The van der Waals surface area contributed by atoms with Crippen molar-refractivity contribution >= 4 is 5.91 Å². The molecule has 1 aliphatic rings. The molecule has 5 heteroatoms. The van der Waals surface area contributed by atoms with E-state index in [9.17, 15) is 4.79 Å². The van der Waals surface area contributed by atoms with E-state index < -0.39 is 0 Å². The number of benzene rings is 2. The van der Waals surface area contributed by atoms with Crippen LogP contribution in [0.3, 0.4) is 0 Å². The van der Waals surface area contributed by atoms with Crippen molar-refractivity contribution in [3.63, 3.8) is 0 Å². The quantitative estimate of drug-likeness (QED) is 0.836. The highest BCUT2D eigenvalue weighted by Crippen LogP contribution is 2.34. The average Bonchev–Trinajstić information content (AvgIpc) is 3.09. The first-order valence-electron chi connectivity index (χ1n) is 8.57. The zero-order valence-corrected chi connectivity index (χ0v) is 14.6. The summed E-state index contributed by atoms with van der Waals surface area (Å²) >= 11 is 0. The van der Waals surface area contributed by atoms with Crippen molar-refractivity contribution in [1.82, 2.24) is 5.32 Å². The second-order valence-electron chi connectivity index (χ2n) is 5.94. The van der Waals surface area contributed by atoms with E-state index >= 15 is 0 Å². The molecule has 0 fully saturated rings. The largest absolute Gasteiger partial charge is 0.494 e. The van der Waals surface area contributed by atoms with E-state index in [0.717, 1.165) is 28.4 Å². The monoisotopic (exact) mass is 341 g/mol. The van der Waals surface area contributed by atoms with Crippen molar-refractivity contribution in [3.05, 3.63) is 53.6 Å². The number of ether oxygens (including phenoxy) is 3. The molecule has 1 atom stereocenters. The Bertz CT molecular complexity index is 744. The summed E-state index contributed by atoms with van der Waals surface area (Å²) < 4.78 is 16.3. The van der Waals surface area contributed by atoms with Crippen LogP contribution in [0.2, 0.25) is 0 Å². The minimum absolute atomic E-state index is 0.0106. The van der Waals surface area contributed by atoms with E-state index in [4.69, 9.17) is 14.2 Å². The first-order chi connectivity index (χ1) is 12.2. The van der Waals surface area contributed by atoms with Gasteiger partial charge in [0, 0.05) is 6.42 Å². The Morgan fingerprint density at radius 2 is 2.00 bits per heavy atom. The lowest BCUT2D eigenvalue weighted by Gasteiger charge is -2.15. The third kappa shape index (κ3) is 4.24. The minimum atomic E-state index is -0.0934. The smallest absolute Gasteiger partial charge is 0.231 e. The molecule has 1 aliphatic heterocycles. The molecular formula is C20H23NO4. The Hall–Kier alpha value is -2.69. The Balaban J connectivity index is 1.56. The summed E-state index contributed by atoms with van der Waals surface area (Å²) in [4.78, 5) is 12.3. The standard InChI is InChI=1S/C20H23NO4/c1-3-23-17-7-5-4-6-15(17)9-11-20(22)21-14(2)16-8-10-18-19(12-16)25-13-24-18/h4-8,10,12,14H,3,9,11,13H2,1-2H3,(H,21,22). The van der Waals surface area contributed by atoms with Crippen LogP contribution in [0.5, 0.6) is 17.2 Å². The zero-order chi connectivity index (χ0) is 17.6. The summed E-state index contributed by atoms with van der Waals surface area (Å²) in [6, 6.07) is 13.5. The summed E-state index contributed by atoms with van der Waals surface area (Å²) in [5, 5.41) is 3.03. The topological polar surface area (TPSA) is 56.8 Å².